The third-order valence-corrected chi connectivity index (χ3v) is 1.99. The number of rotatable bonds is 5. The lowest BCUT2D eigenvalue weighted by atomic mass is 9.99. The van der Waals surface area contributed by atoms with Crippen molar-refractivity contribution in [3.8, 4) is 12.3 Å². The quantitative estimate of drug-likeness (QED) is 0.602. The minimum Gasteiger partial charge on any atom is -0.393 e. The maximum Gasteiger partial charge on any atom is 0.0551 e. The molecule has 2 unspecified atom stereocenters. The van der Waals surface area contributed by atoms with Crippen LogP contribution >= 0.6 is 0 Å². The lowest BCUT2D eigenvalue weighted by Gasteiger charge is -2.13. The van der Waals surface area contributed by atoms with E-state index in [0.717, 1.165) is 19.3 Å². The lowest BCUT2D eigenvalue weighted by molar-refractivity contribution is 0.137. The van der Waals surface area contributed by atoms with Crippen LogP contribution in [-0.2, 0) is 0 Å². The standard InChI is InChI=1S/C10H18O/c1-4-6-7-10(11)8-9(3)5-2/h1,9-11H,5-8H2,2-3H3. The van der Waals surface area contributed by atoms with Crippen LogP contribution in [0.5, 0.6) is 0 Å². The lowest BCUT2D eigenvalue weighted by Crippen LogP contribution is -2.10. The van der Waals surface area contributed by atoms with E-state index in [2.05, 4.69) is 19.8 Å². The van der Waals surface area contributed by atoms with E-state index in [9.17, 15) is 5.11 Å². The molecule has 0 aromatic carbocycles. The molecule has 0 spiro atoms. The van der Waals surface area contributed by atoms with E-state index in [1.54, 1.807) is 0 Å². The smallest absolute Gasteiger partial charge is 0.0551 e. The fourth-order valence-corrected chi connectivity index (χ4v) is 0.999. The van der Waals surface area contributed by atoms with Crippen molar-refractivity contribution < 1.29 is 5.11 Å². The number of hydrogen-bond donors (Lipinski definition) is 1. The van der Waals surface area contributed by atoms with Crippen LogP contribution in [0.1, 0.15) is 39.5 Å². The average Bonchev–Trinajstić information content (AvgIpc) is 2.00. The van der Waals surface area contributed by atoms with E-state index in [1.165, 1.54) is 0 Å². The minimum absolute atomic E-state index is 0.194. The van der Waals surface area contributed by atoms with Crippen LogP contribution in [0.25, 0.3) is 0 Å². The zero-order valence-electron chi connectivity index (χ0n) is 7.51. The molecule has 64 valence electrons. The molecule has 11 heavy (non-hydrogen) atoms. The predicted molar refractivity (Wildman–Crippen MR) is 48.1 cm³/mol. The van der Waals surface area contributed by atoms with Gasteiger partial charge in [-0.05, 0) is 18.8 Å². The van der Waals surface area contributed by atoms with Crippen molar-refractivity contribution >= 4 is 0 Å². The van der Waals surface area contributed by atoms with Crippen LogP contribution in [0, 0.1) is 18.3 Å². The molecular formula is C10H18O. The summed E-state index contributed by atoms with van der Waals surface area (Å²) in [5, 5.41) is 9.39. The molecule has 0 radical (unpaired) electrons. The van der Waals surface area contributed by atoms with E-state index >= 15 is 0 Å². The van der Waals surface area contributed by atoms with Crippen LogP contribution in [0.15, 0.2) is 0 Å². The Morgan fingerprint density at radius 2 is 2.18 bits per heavy atom. The molecule has 0 aromatic rings. The summed E-state index contributed by atoms with van der Waals surface area (Å²) < 4.78 is 0. The molecule has 1 nitrogen and oxygen atoms in total. The Morgan fingerprint density at radius 1 is 1.55 bits per heavy atom. The molecule has 0 aliphatic heterocycles. The summed E-state index contributed by atoms with van der Waals surface area (Å²) in [6, 6.07) is 0. The SMILES string of the molecule is C#CCCC(O)CC(C)CC. The molecule has 1 N–H and O–H groups in total. The summed E-state index contributed by atoms with van der Waals surface area (Å²) in [6.45, 7) is 4.29. The van der Waals surface area contributed by atoms with Crippen LogP contribution in [-0.4, -0.2) is 11.2 Å². The van der Waals surface area contributed by atoms with Gasteiger partial charge in [-0.3, -0.25) is 0 Å². The van der Waals surface area contributed by atoms with Gasteiger partial charge in [0.1, 0.15) is 0 Å². The third-order valence-electron chi connectivity index (χ3n) is 1.99. The second-order valence-corrected chi connectivity index (χ2v) is 3.15. The van der Waals surface area contributed by atoms with Gasteiger partial charge in [-0.2, -0.15) is 0 Å². The molecule has 0 bridgehead atoms. The molecule has 0 aromatic heterocycles. The van der Waals surface area contributed by atoms with Crippen LogP contribution < -0.4 is 0 Å². The summed E-state index contributed by atoms with van der Waals surface area (Å²) in [4.78, 5) is 0. The van der Waals surface area contributed by atoms with Gasteiger partial charge in [0.15, 0.2) is 0 Å². The van der Waals surface area contributed by atoms with Gasteiger partial charge >= 0.3 is 0 Å². The second kappa shape index (κ2) is 6.24. The maximum absolute atomic E-state index is 9.39. The number of hydrogen-bond acceptors (Lipinski definition) is 1. The molecular weight excluding hydrogens is 136 g/mol. The number of aliphatic hydroxyl groups is 1. The molecule has 0 saturated heterocycles. The van der Waals surface area contributed by atoms with Gasteiger partial charge in [0.2, 0.25) is 0 Å². The topological polar surface area (TPSA) is 20.2 Å². The Kier molecular flexibility index (Phi) is 5.97. The van der Waals surface area contributed by atoms with Crippen LogP contribution in [0.2, 0.25) is 0 Å². The highest BCUT2D eigenvalue weighted by atomic mass is 16.3. The maximum atomic E-state index is 9.39. The largest absolute Gasteiger partial charge is 0.393 e. The highest BCUT2D eigenvalue weighted by Crippen LogP contribution is 2.12. The zero-order chi connectivity index (χ0) is 8.69. The first kappa shape index (κ1) is 10.5. The molecule has 0 fully saturated rings. The number of aliphatic hydroxyl groups excluding tert-OH is 1. The second-order valence-electron chi connectivity index (χ2n) is 3.15. The van der Waals surface area contributed by atoms with E-state index in [1.807, 2.05) is 0 Å². The van der Waals surface area contributed by atoms with Crippen molar-refractivity contribution in [3.05, 3.63) is 0 Å². The van der Waals surface area contributed by atoms with Crippen LogP contribution in [0.3, 0.4) is 0 Å². The van der Waals surface area contributed by atoms with Gasteiger partial charge in [0.25, 0.3) is 0 Å². The van der Waals surface area contributed by atoms with E-state index in [-0.39, 0.29) is 6.10 Å². The summed E-state index contributed by atoms with van der Waals surface area (Å²) in [5.41, 5.74) is 0. The Hall–Kier alpha value is -0.480. The van der Waals surface area contributed by atoms with Gasteiger partial charge in [0.05, 0.1) is 6.10 Å². The Bertz CT molecular complexity index is 123. The van der Waals surface area contributed by atoms with Crippen molar-refractivity contribution in [2.45, 2.75) is 45.6 Å². The van der Waals surface area contributed by atoms with E-state index in [4.69, 9.17) is 6.42 Å². The molecule has 0 amide bonds. The zero-order valence-corrected chi connectivity index (χ0v) is 7.51. The fraction of sp³-hybridized carbons (Fsp3) is 0.800. The molecule has 1 heteroatoms. The fourth-order valence-electron chi connectivity index (χ4n) is 0.999. The monoisotopic (exact) mass is 154 g/mol. The molecule has 0 saturated carbocycles. The van der Waals surface area contributed by atoms with Gasteiger partial charge in [-0.1, -0.05) is 20.3 Å². The molecule has 0 heterocycles. The predicted octanol–water partition coefficient (Wildman–Crippen LogP) is 2.20. The van der Waals surface area contributed by atoms with Crippen LogP contribution in [0.4, 0.5) is 0 Å². The van der Waals surface area contributed by atoms with E-state index < -0.39 is 0 Å². The van der Waals surface area contributed by atoms with Crippen molar-refractivity contribution in [1.82, 2.24) is 0 Å². The first-order valence-corrected chi connectivity index (χ1v) is 4.32. The third kappa shape index (κ3) is 5.94. The molecule has 2 atom stereocenters. The summed E-state index contributed by atoms with van der Waals surface area (Å²) in [5.74, 6) is 3.14. The van der Waals surface area contributed by atoms with Gasteiger partial charge < -0.3 is 5.11 Å². The summed E-state index contributed by atoms with van der Waals surface area (Å²) in [6.07, 6.45) is 8.35. The van der Waals surface area contributed by atoms with Crippen molar-refractivity contribution in [2.24, 2.45) is 5.92 Å². The Morgan fingerprint density at radius 3 is 2.64 bits per heavy atom. The normalized spacial score (nSPS) is 15.5. The summed E-state index contributed by atoms with van der Waals surface area (Å²) in [7, 11) is 0. The highest BCUT2D eigenvalue weighted by Gasteiger charge is 2.07. The van der Waals surface area contributed by atoms with Crippen molar-refractivity contribution in [2.75, 3.05) is 0 Å². The molecule has 0 aliphatic carbocycles. The first-order chi connectivity index (χ1) is 5.20. The minimum atomic E-state index is -0.194. The van der Waals surface area contributed by atoms with Gasteiger partial charge in [-0.15, -0.1) is 12.3 Å². The van der Waals surface area contributed by atoms with Crippen molar-refractivity contribution in [3.63, 3.8) is 0 Å². The Labute approximate surface area is 69.8 Å². The summed E-state index contributed by atoms with van der Waals surface area (Å²) >= 11 is 0. The first-order valence-electron chi connectivity index (χ1n) is 4.32. The molecule has 0 aliphatic rings. The number of terminal acetylenes is 1. The Balaban J connectivity index is 3.37. The van der Waals surface area contributed by atoms with Gasteiger partial charge in [0, 0.05) is 6.42 Å². The average molecular weight is 154 g/mol. The molecule has 0 rings (SSSR count). The van der Waals surface area contributed by atoms with E-state index in [0.29, 0.717) is 12.3 Å². The van der Waals surface area contributed by atoms with Crippen molar-refractivity contribution in [1.29, 1.82) is 0 Å². The van der Waals surface area contributed by atoms with Gasteiger partial charge in [-0.25, -0.2) is 0 Å². The highest BCUT2D eigenvalue weighted by molar-refractivity contribution is 4.84.